The van der Waals surface area contributed by atoms with E-state index in [-0.39, 0.29) is 5.82 Å². The summed E-state index contributed by atoms with van der Waals surface area (Å²) in [6.07, 6.45) is 2.66. The van der Waals surface area contributed by atoms with Crippen molar-refractivity contribution in [2.75, 3.05) is 14.2 Å². The smallest absolute Gasteiger partial charge is 0.141 e. The SMILES string of the molecule is CNC(c1cncc(F)c1)c1cc(F)ccc1OC. The highest BCUT2D eigenvalue weighted by atomic mass is 19.1. The maximum Gasteiger partial charge on any atom is 0.141 e. The molecule has 2 rings (SSSR count). The molecular weight excluding hydrogens is 250 g/mol. The minimum absolute atomic E-state index is 0.375. The number of halogens is 2. The zero-order valence-electron chi connectivity index (χ0n) is 10.7. The Kier molecular flexibility index (Phi) is 4.06. The first-order valence-electron chi connectivity index (χ1n) is 5.77. The Morgan fingerprint density at radius 3 is 2.58 bits per heavy atom. The van der Waals surface area contributed by atoms with Crippen LogP contribution in [0.15, 0.2) is 36.7 Å². The van der Waals surface area contributed by atoms with Gasteiger partial charge >= 0.3 is 0 Å². The highest BCUT2D eigenvalue weighted by Gasteiger charge is 2.18. The number of methoxy groups -OCH3 is 1. The van der Waals surface area contributed by atoms with Crippen molar-refractivity contribution >= 4 is 0 Å². The molecule has 1 N–H and O–H groups in total. The summed E-state index contributed by atoms with van der Waals surface area (Å²) in [5, 5.41) is 3.01. The van der Waals surface area contributed by atoms with Gasteiger partial charge in [-0.3, -0.25) is 4.98 Å². The fourth-order valence-corrected chi connectivity index (χ4v) is 2.02. The van der Waals surface area contributed by atoms with E-state index in [1.165, 1.54) is 31.5 Å². The lowest BCUT2D eigenvalue weighted by molar-refractivity contribution is 0.403. The maximum atomic E-state index is 13.4. The van der Waals surface area contributed by atoms with Gasteiger partial charge in [-0.1, -0.05) is 0 Å². The molecule has 1 aromatic carbocycles. The summed E-state index contributed by atoms with van der Waals surface area (Å²) in [5.74, 6) is -0.279. The van der Waals surface area contributed by atoms with E-state index in [1.807, 2.05) is 0 Å². The third-order valence-electron chi connectivity index (χ3n) is 2.85. The average Bonchev–Trinajstić information content (AvgIpc) is 2.40. The van der Waals surface area contributed by atoms with Crippen LogP contribution in [0, 0.1) is 11.6 Å². The van der Waals surface area contributed by atoms with E-state index in [2.05, 4.69) is 10.3 Å². The highest BCUT2D eigenvalue weighted by molar-refractivity contribution is 5.41. The molecule has 0 aliphatic heterocycles. The van der Waals surface area contributed by atoms with Crippen molar-refractivity contribution in [1.29, 1.82) is 0 Å². The molecule has 0 fully saturated rings. The predicted molar refractivity (Wildman–Crippen MR) is 68.0 cm³/mol. The molecule has 1 aromatic heterocycles. The molecule has 0 radical (unpaired) electrons. The molecule has 1 unspecified atom stereocenters. The quantitative estimate of drug-likeness (QED) is 0.922. The molecule has 2 aromatic rings. The van der Waals surface area contributed by atoms with Crippen LogP contribution in [0.1, 0.15) is 17.2 Å². The van der Waals surface area contributed by atoms with Gasteiger partial charge in [0.25, 0.3) is 0 Å². The van der Waals surface area contributed by atoms with Crippen molar-refractivity contribution in [3.05, 3.63) is 59.4 Å². The van der Waals surface area contributed by atoms with Crippen molar-refractivity contribution in [2.24, 2.45) is 0 Å². The summed E-state index contributed by atoms with van der Waals surface area (Å²) < 4.78 is 31.9. The van der Waals surface area contributed by atoms with Crippen LogP contribution in [0.2, 0.25) is 0 Å². The van der Waals surface area contributed by atoms with Crippen LogP contribution in [0.3, 0.4) is 0 Å². The number of nitrogens with zero attached hydrogens (tertiary/aromatic N) is 1. The standard InChI is InChI=1S/C14H14F2N2O/c1-17-14(9-5-11(16)8-18-7-9)12-6-10(15)3-4-13(12)19-2/h3-8,14,17H,1-2H3. The Bertz CT molecular complexity index is 575. The second kappa shape index (κ2) is 5.75. The molecule has 0 amide bonds. The van der Waals surface area contributed by atoms with E-state index in [1.54, 1.807) is 13.1 Å². The molecule has 1 heterocycles. The molecule has 3 nitrogen and oxygen atoms in total. The van der Waals surface area contributed by atoms with Gasteiger partial charge in [0.05, 0.1) is 19.3 Å². The number of hydrogen-bond acceptors (Lipinski definition) is 3. The highest BCUT2D eigenvalue weighted by Crippen LogP contribution is 2.30. The molecule has 100 valence electrons. The second-order valence-corrected chi connectivity index (χ2v) is 4.04. The van der Waals surface area contributed by atoms with Crippen molar-refractivity contribution in [3.8, 4) is 5.75 Å². The van der Waals surface area contributed by atoms with Gasteiger partial charge < -0.3 is 10.1 Å². The summed E-state index contributed by atoms with van der Waals surface area (Å²) in [7, 11) is 3.22. The largest absolute Gasteiger partial charge is 0.496 e. The zero-order chi connectivity index (χ0) is 13.8. The molecular formula is C14H14F2N2O. The lowest BCUT2D eigenvalue weighted by Gasteiger charge is -2.19. The molecule has 1 atom stereocenters. The summed E-state index contributed by atoms with van der Waals surface area (Å²) in [4.78, 5) is 3.81. The minimum Gasteiger partial charge on any atom is -0.496 e. The van der Waals surface area contributed by atoms with Gasteiger partial charge in [-0.15, -0.1) is 0 Å². The number of ether oxygens (including phenoxy) is 1. The van der Waals surface area contributed by atoms with Gasteiger partial charge in [0, 0.05) is 11.8 Å². The average molecular weight is 264 g/mol. The molecule has 0 bridgehead atoms. The summed E-state index contributed by atoms with van der Waals surface area (Å²) in [6, 6.07) is 5.19. The van der Waals surface area contributed by atoms with Crippen molar-refractivity contribution in [3.63, 3.8) is 0 Å². The first-order valence-corrected chi connectivity index (χ1v) is 5.77. The number of benzene rings is 1. The van der Waals surface area contributed by atoms with E-state index in [0.717, 1.165) is 6.20 Å². The first-order chi connectivity index (χ1) is 9.15. The molecule has 0 saturated heterocycles. The fraction of sp³-hybridized carbons (Fsp3) is 0.214. The van der Waals surface area contributed by atoms with Gasteiger partial charge in [0.15, 0.2) is 0 Å². The molecule has 5 heteroatoms. The van der Waals surface area contributed by atoms with Gasteiger partial charge in [-0.2, -0.15) is 0 Å². The Balaban J connectivity index is 2.50. The monoisotopic (exact) mass is 264 g/mol. The number of nitrogens with one attached hydrogen (secondary N) is 1. The fourth-order valence-electron chi connectivity index (χ4n) is 2.02. The number of pyridine rings is 1. The molecule has 0 aliphatic rings. The topological polar surface area (TPSA) is 34.2 Å². The third kappa shape index (κ3) is 2.88. The maximum absolute atomic E-state index is 13.4. The summed E-state index contributed by atoms with van der Waals surface area (Å²) in [6.45, 7) is 0. The van der Waals surface area contributed by atoms with Crippen molar-refractivity contribution in [1.82, 2.24) is 10.3 Å². The number of aromatic nitrogens is 1. The van der Waals surface area contributed by atoms with Crippen LogP contribution in [0.25, 0.3) is 0 Å². The minimum atomic E-state index is -0.437. The van der Waals surface area contributed by atoms with E-state index < -0.39 is 11.9 Å². The first kappa shape index (κ1) is 13.4. The van der Waals surface area contributed by atoms with Gasteiger partial charge in [-0.25, -0.2) is 8.78 Å². The molecule has 19 heavy (non-hydrogen) atoms. The summed E-state index contributed by atoms with van der Waals surface area (Å²) in [5.41, 5.74) is 1.20. The Hall–Kier alpha value is -2.01. The van der Waals surface area contributed by atoms with E-state index in [9.17, 15) is 8.78 Å². The Morgan fingerprint density at radius 1 is 1.16 bits per heavy atom. The van der Waals surface area contributed by atoms with E-state index in [0.29, 0.717) is 16.9 Å². The van der Waals surface area contributed by atoms with Crippen LogP contribution >= 0.6 is 0 Å². The van der Waals surface area contributed by atoms with Gasteiger partial charge in [0.1, 0.15) is 17.4 Å². The molecule has 0 aliphatic carbocycles. The van der Waals surface area contributed by atoms with Crippen LogP contribution in [0.5, 0.6) is 5.75 Å². The Morgan fingerprint density at radius 2 is 1.95 bits per heavy atom. The summed E-state index contributed by atoms with van der Waals surface area (Å²) >= 11 is 0. The lowest BCUT2D eigenvalue weighted by Crippen LogP contribution is -2.19. The number of hydrogen-bond donors (Lipinski definition) is 1. The molecule has 0 saturated carbocycles. The van der Waals surface area contributed by atoms with Gasteiger partial charge in [0.2, 0.25) is 0 Å². The number of rotatable bonds is 4. The van der Waals surface area contributed by atoms with Crippen molar-refractivity contribution < 1.29 is 13.5 Å². The van der Waals surface area contributed by atoms with Crippen molar-refractivity contribution in [2.45, 2.75) is 6.04 Å². The third-order valence-corrected chi connectivity index (χ3v) is 2.85. The van der Waals surface area contributed by atoms with Crippen LogP contribution in [-0.4, -0.2) is 19.1 Å². The van der Waals surface area contributed by atoms with Crippen LogP contribution in [0.4, 0.5) is 8.78 Å². The zero-order valence-corrected chi connectivity index (χ0v) is 10.7. The normalized spacial score (nSPS) is 12.2. The van der Waals surface area contributed by atoms with Crippen LogP contribution in [-0.2, 0) is 0 Å². The van der Waals surface area contributed by atoms with E-state index in [4.69, 9.17) is 4.74 Å². The molecule has 0 spiro atoms. The predicted octanol–water partition coefficient (Wildman–Crippen LogP) is 2.68. The van der Waals surface area contributed by atoms with Crippen LogP contribution < -0.4 is 10.1 Å². The van der Waals surface area contributed by atoms with E-state index >= 15 is 0 Å². The Labute approximate surface area is 110 Å². The lowest BCUT2D eigenvalue weighted by atomic mass is 9.99. The second-order valence-electron chi connectivity index (χ2n) is 4.04. The van der Waals surface area contributed by atoms with Gasteiger partial charge in [-0.05, 0) is 36.9 Å².